The second kappa shape index (κ2) is 2.94. The summed E-state index contributed by atoms with van der Waals surface area (Å²) >= 11 is 0. The fourth-order valence-electron chi connectivity index (χ4n) is 1.52. The average molecular weight is 158 g/mol. The van der Waals surface area contributed by atoms with Crippen LogP contribution in [0.2, 0.25) is 0 Å². The Labute approximate surface area is 71.7 Å². The Bertz CT molecular complexity index is 337. The molecule has 0 bridgehead atoms. The van der Waals surface area contributed by atoms with Gasteiger partial charge in [-0.1, -0.05) is 24.3 Å². The first-order valence-corrected chi connectivity index (χ1v) is 4.15. The first kappa shape index (κ1) is 7.29. The summed E-state index contributed by atoms with van der Waals surface area (Å²) in [5, 5.41) is 0. The van der Waals surface area contributed by atoms with Crippen LogP contribution in [0.1, 0.15) is 27.9 Å². The van der Waals surface area contributed by atoms with Gasteiger partial charge in [0.05, 0.1) is 0 Å². The number of carbonyl (C=O) groups is 1. The Balaban J connectivity index is 2.51. The van der Waals surface area contributed by atoms with Gasteiger partial charge in [-0.3, -0.25) is 4.79 Å². The zero-order valence-electron chi connectivity index (χ0n) is 6.79. The van der Waals surface area contributed by atoms with Crippen LogP contribution in [0.25, 0.3) is 6.08 Å². The Morgan fingerprint density at radius 2 is 2.25 bits per heavy atom. The van der Waals surface area contributed by atoms with Crippen molar-refractivity contribution in [2.75, 3.05) is 0 Å². The van der Waals surface area contributed by atoms with Crippen molar-refractivity contribution in [2.45, 2.75) is 12.8 Å². The van der Waals surface area contributed by atoms with Crippen LogP contribution in [0, 0.1) is 0 Å². The second-order valence-electron chi connectivity index (χ2n) is 3.02. The number of aryl methyl sites for hydroxylation is 1. The molecule has 0 aliphatic heterocycles. The molecule has 0 N–H and O–H groups in total. The van der Waals surface area contributed by atoms with E-state index >= 15 is 0 Å². The van der Waals surface area contributed by atoms with Crippen LogP contribution >= 0.6 is 0 Å². The van der Waals surface area contributed by atoms with Crippen molar-refractivity contribution in [1.29, 1.82) is 0 Å². The molecule has 0 saturated heterocycles. The molecule has 60 valence electrons. The highest BCUT2D eigenvalue weighted by atomic mass is 16.1. The van der Waals surface area contributed by atoms with E-state index in [2.05, 4.69) is 12.2 Å². The molecule has 0 aromatic heterocycles. The first-order valence-electron chi connectivity index (χ1n) is 4.15. The van der Waals surface area contributed by atoms with Crippen LogP contribution in [0.3, 0.4) is 0 Å². The summed E-state index contributed by atoms with van der Waals surface area (Å²) < 4.78 is 0. The monoisotopic (exact) mass is 158 g/mol. The minimum absolute atomic E-state index is 0.764. The Hall–Kier alpha value is -1.37. The summed E-state index contributed by atoms with van der Waals surface area (Å²) in [5.74, 6) is 0. The molecule has 0 fully saturated rings. The standard InChI is InChI=1S/C11H10O/c12-8-9-5-6-10-3-1-2-4-11(10)7-9/h2,4-8H,1,3H2. The molecule has 0 radical (unpaired) electrons. The highest BCUT2D eigenvalue weighted by Gasteiger charge is 2.03. The van der Waals surface area contributed by atoms with E-state index in [1.807, 2.05) is 18.2 Å². The lowest BCUT2D eigenvalue weighted by atomic mass is 9.96. The summed E-state index contributed by atoms with van der Waals surface area (Å²) in [6, 6.07) is 5.87. The summed E-state index contributed by atoms with van der Waals surface area (Å²) in [6.07, 6.45) is 7.35. The maximum Gasteiger partial charge on any atom is 0.150 e. The molecule has 12 heavy (non-hydrogen) atoms. The van der Waals surface area contributed by atoms with Crippen molar-refractivity contribution >= 4 is 12.4 Å². The van der Waals surface area contributed by atoms with Gasteiger partial charge < -0.3 is 0 Å². The highest BCUT2D eigenvalue weighted by molar-refractivity contribution is 5.77. The van der Waals surface area contributed by atoms with Crippen molar-refractivity contribution in [3.05, 3.63) is 41.0 Å². The molecule has 0 atom stereocenters. The number of fused-ring (bicyclic) bond motifs is 1. The Kier molecular flexibility index (Phi) is 1.78. The number of carbonyl (C=O) groups excluding carboxylic acids is 1. The van der Waals surface area contributed by atoms with Crippen molar-refractivity contribution in [3.63, 3.8) is 0 Å². The van der Waals surface area contributed by atoms with E-state index in [9.17, 15) is 4.79 Å². The number of hydrogen-bond acceptors (Lipinski definition) is 1. The largest absolute Gasteiger partial charge is 0.298 e. The number of benzene rings is 1. The second-order valence-corrected chi connectivity index (χ2v) is 3.02. The van der Waals surface area contributed by atoms with E-state index in [1.165, 1.54) is 11.1 Å². The summed E-state index contributed by atoms with van der Waals surface area (Å²) in [4.78, 5) is 10.5. The van der Waals surface area contributed by atoms with E-state index in [4.69, 9.17) is 0 Å². The van der Waals surface area contributed by atoms with Crippen LogP contribution < -0.4 is 0 Å². The zero-order chi connectivity index (χ0) is 8.39. The number of aldehydes is 1. The predicted molar refractivity (Wildman–Crippen MR) is 49.2 cm³/mol. The molecule has 1 nitrogen and oxygen atoms in total. The van der Waals surface area contributed by atoms with Crippen LogP contribution in [-0.4, -0.2) is 6.29 Å². The fraction of sp³-hybridized carbons (Fsp3) is 0.182. The van der Waals surface area contributed by atoms with Crippen LogP contribution in [0.15, 0.2) is 24.3 Å². The molecular formula is C11H10O. The molecule has 0 saturated carbocycles. The third kappa shape index (κ3) is 1.18. The van der Waals surface area contributed by atoms with E-state index < -0.39 is 0 Å². The molecule has 0 amide bonds. The number of rotatable bonds is 1. The lowest BCUT2D eigenvalue weighted by molar-refractivity contribution is 0.112. The molecule has 1 heteroatoms. The van der Waals surface area contributed by atoms with E-state index in [1.54, 1.807) is 0 Å². The molecule has 0 heterocycles. The van der Waals surface area contributed by atoms with E-state index in [-0.39, 0.29) is 0 Å². The average Bonchev–Trinajstić information content (AvgIpc) is 2.17. The highest BCUT2D eigenvalue weighted by Crippen LogP contribution is 2.19. The van der Waals surface area contributed by atoms with Crippen LogP contribution in [0.4, 0.5) is 0 Å². The van der Waals surface area contributed by atoms with Gasteiger partial charge in [0.15, 0.2) is 0 Å². The summed E-state index contributed by atoms with van der Waals surface area (Å²) in [5.41, 5.74) is 3.31. The SMILES string of the molecule is O=Cc1ccc2c(c1)C=CCC2. The molecule has 0 unspecified atom stereocenters. The fourth-order valence-corrected chi connectivity index (χ4v) is 1.52. The summed E-state index contributed by atoms with van der Waals surface area (Å²) in [7, 11) is 0. The van der Waals surface area contributed by atoms with Crippen molar-refractivity contribution in [3.8, 4) is 0 Å². The normalized spacial score (nSPS) is 14.0. The minimum Gasteiger partial charge on any atom is -0.298 e. The maximum atomic E-state index is 10.5. The van der Waals surface area contributed by atoms with Gasteiger partial charge in [0.25, 0.3) is 0 Å². The van der Waals surface area contributed by atoms with E-state index in [0.717, 1.165) is 24.7 Å². The quantitative estimate of drug-likeness (QED) is 0.574. The minimum atomic E-state index is 0.764. The van der Waals surface area contributed by atoms with E-state index in [0.29, 0.717) is 0 Å². The molecule has 1 aromatic rings. The molecule has 1 aliphatic rings. The van der Waals surface area contributed by atoms with Gasteiger partial charge in [-0.2, -0.15) is 0 Å². The first-order chi connectivity index (χ1) is 5.90. The van der Waals surface area contributed by atoms with Crippen LogP contribution in [-0.2, 0) is 6.42 Å². The molecule has 0 spiro atoms. The summed E-state index contributed by atoms with van der Waals surface area (Å²) in [6.45, 7) is 0. The molecule has 1 aromatic carbocycles. The number of allylic oxidation sites excluding steroid dienone is 1. The van der Waals surface area contributed by atoms with Gasteiger partial charge >= 0.3 is 0 Å². The molecular weight excluding hydrogens is 148 g/mol. The number of hydrogen-bond donors (Lipinski definition) is 0. The van der Waals surface area contributed by atoms with Gasteiger partial charge in [-0.05, 0) is 30.0 Å². The van der Waals surface area contributed by atoms with Crippen molar-refractivity contribution in [1.82, 2.24) is 0 Å². The smallest absolute Gasteiger partial charge is 0.150 e. The molecule has 1 aliphatic carbocycles. The molecule has 2 rings (SSSR count). The van der Waals surface area contributed by atoms with Gasteiger partial charge in [-0.25, -0.2) is 0 Å². The third-order valence-electron chi connectivity index (χ3n) is 2.18. The van der Waals surface area contributed by atoms with Crippen molar-refractivity contribution in [2.24, 2.45) is 0 Å². The van der Waals surface area contributed by atoms with Crippen LogP contribution in [0.5, 0.6) is 0 Å². The topological polar surface area (TPSA) is 17.1 Å². The van der Waals surface area contributed by atoms with Gasteiger partial charge in [0.2, 0.25) is 0 Å². The van der Waals surface area contributed by atoms with Crippen molar-refractivity contribution < 1.29 is 4.79 Å². The Morgan fingerprint density at radius 1 is 1.33 bits per heavy atom. The zero-order valence-corrected chi connectivity index (χ0v) is 6.79. The van der Waals surface area contributed by atoms with Gasteiger partial charge in [0.1, 0.15) is 6.29 Å². The predicted octanol–water partition coefficient (Wildman–Crippen LogP) is 2.46. The maximum absolute atomic E-state index is 10.5. The Morgan fingerprint density at radius 3 is 3.08 bits per heavy atom. The lowest BCUT2D eigenvalue weighted by Crippen LogP contribution is -1.94. The lowest BCUT2D eigenvalue weighted by Gasteiger charge is -2.09. The van der Waals surface area contributed by atoms with Gasteiger partial charge in [-0.15, -0.1) is 0 Å². The third-order valence-corrected chi connectivity index (χ3v) is 2.18. The van der Waals surface area contributed by atoms with Gasteiger partial charge in [0, 0.05) is 5.56 Å².